The summed E-state index contributed by atoms with van der Waals surface area (Å²) in [5, 5.41) is 14.3. The first-order valence-corrected chi connectivity index (χ1v) is 12.6. The number of anilines is 3. The molecule has 39 heavy (non-hydrogen) atoms. The van der Waals surface area contributed by atoms with Gasteiger partial charge in [0.15, 0.2) is 5.11 Å². The molecule has 0 radical (unpaired) electrons. The molecule has 3 aromatic heterocycles. The number of nitrogens with one attached hydrogen (secondary N) is 5. The van der Waals surface area contributed by atoms with E-state index < -0.39 is 6.23 Å². The van der Waals surface area contributed by atoms with Crippen LogP contribution in [0.25, 0.3) is 16.6 Å². The van der Waals surface area contributed by atoms with E-state index in [1.165, 1.54) is 6.33 Å². The van der Waals surface area contributed by atoms with Crippen LogP contribution in [-0.2, 0) is 0 Å². The predicted octanol–water partition coefficient (Wildman–Crippen LogP) is 3.79. The molecule has 0 amide bonds. The number of fused-ring (bicyclic) bond motifs is 2. The van der Waals surface area contributed by atoms with Crippen molar-refractivity contribution in [3.63, 3.8) is 0 Å². The van der Waals surface area contributed by atoms with Crippen molar-refractivity contribution in [3.05, 3.63) is 73.1 Å². The summed E-state index contributed by atoms with van der Waals surface area (Å²) < 4.78 is 7.82. The van der Waals surface area contributed by atoms with Gasteiger partial charge >= 0.3 is 0 Å². The fraction of sp³-hybridized carbons (Fsp3) is 0.192. The lowest BCUT2D eigenvalue weighted by Crippen LogP contribution is -2.51. The van der Waals surface area contributed by atoms with Crippen LogP contribution < -0.4 is 31.8 Å². The van der Waals surface area contributed by atoms with E-state index in [4.69, 9.17) is 17.0 Å². The molecule has 2 aromatic carbocycles. The van der Waals surface area contributed by atoms with Gasteiger partial charge in [-0.15, -0.1) is 0 Å². The van der Waals surface area contributed by atoms with Crippen molar-refractivity contribution in [2.24, 2.45) is 5.92 Å². The fourth-order valence-corrected chi connectivity index (χ4v) is 3.76. The Kier molecular flexibility index (Phi) is 7.63. The number of hydrazine groups is 2. The summed E-state index contributed by atoms with van der Waals surface area (Å²) in [5.41, 5.74) is 15.4. The first-order valence-electron chi connectivity index (χ1n) is 12.2. The Hall–Kier alpha value is -4.59. The Morgan fingerprint density at radius 2 is 1.85 bits per heavy atom. The van der Waals surface area contributed by atoms with Gasteiger partial charge in [0, 0.05) is 29.5 Å². The minimum absolute atomic E-state index is 0.0295. The normalized spacial score (nSPS) is 11.9. The molecule has 5 rings (SSSR count). The zero-order chi connectivity index (χ0) is 27.4. The third kappa shape index (κ3) is 6.29. The van der Waals surface area contributed by atoms with Crippen molar-refractivity contribution in [2.75, 3.05) is 10.7 Å². The number of aliphatic hydroxyl groups is 1. The number of nitrogens with zero attached hydrogens (tertiary/aromatic N) is 5. The fourth-order valence-electron chi connectivity index (χ4n) is 3.65. The molecule has 0 aliphatic rings. The molecule has 0 aliphatic heterocycles. The van der Waals surface area contributed by atoms with Crippen LogP contribution in [-0.4, -0.2) is 40.8 Å². The van der Waals surface area contributed by atoms with Crippen molar-refractivity contribution < 1.29 is 9.84 Å². The number of aryl methyl sites for hydroxylation is 1. The van der Waals surface area contributed by atoms with Crippen LogP contribution in [0.4, 0.5) is 17.2 Å². The Balaban J connectivity index is 1.27. The number of hydrogen-bond donors (Lipinski definition) is 6. The maximum Gasteiger partial charge on any atom is 0.224 e. The summed E-state index contributed by atoms with van der Waals surface area (Å²) in [5.74, 6) is 1.83. The van der Waals surface area contributed by atoms with Crippen LogP contribution in [0.5, 0.6) is 11.6 Å². The zero-order valence-corrected chi connectivity index (χ0v) is 22.3. The first kappa shape index (κ1) is 26.0. The van der Waals surface area contributed by atoms with E-state index in [0.29, 0.717) is 17.4 Å². The highest BCUT2D eigenvalue weighted by molar-refractivity contribution is 7.80. The standard InChI is InChI=1S/C26H28N10O2S/c1-15(2)25(37)33-35-26(39)34-32-18-4-6-20-19(11-18)24(29-13-28-20)31-17-5-7-21(16(3)10-17)38-23-12-22-27-8-9-36(22)14-30-23/h4-15,25,32-33,37H,1-3H3,(H,28,29,31)(H2,34,35,39). The number of rotatable bonds is 9. The molecule has 6 N–H and O–H groups in total. The number of aliphatic hydroxyl groups excluding tert-OH is 1. The van der Waals surface area contributed by atoms with Gasteiger partial charge in [0.05, 0.1) is 11.2 Å². The lowest BCUT2D eigenvalue weighted by atomic mass is 10.2. The number of thiocarbonyl (C=S) groups is 1. The summed E-state index contributed by atoms with van der Waals surface area (Å²) in [6, 6.07) is 13.2. The lowest BCUT2D eigenvalue weighted by molar-refractivity contribution is 0.0831. The van der Waals surface area contributed by atoms with Gasteiger partial charge in [0.25, 0.3) is 0 Å². The van der Waals surface area contributed by atoms with Crippen molar-refractivity contribution in [2.45, 2.75) is 27.0 Å². The second kappa shape index (κ2) is 11.4. The Bertz CT molecular complexity index is 1620. The third-order valence-electron chi connectivity index (χ3n) is 5.83. The molecule has 0 fully saturated rings. The molecule has 0 spiro atoms. The monoisotopic (exact) mass is 544 g/mol. The summed E-state index contributed by atoms with van der Waals surface area (Å²) in [7, 11) is 0. The van der Waals surface area contributed by atoms with Gasteiger partial charge in [0.2, 0.25) is 5.88 Å². The van der Waals surface area contributed by atoms with Crippen molar-refractivity contribution >= 4 is 51.1 Å². The maximum atomic E-state index is 9.84. The predicted molar refractivity (Wildman–Crippen MR) is 154 cm³/mol. The molecule has 1 atom stereocenters. The molecule has 3 heterocycles. The highest BCUT2D eigenvalue weighted by Gasteiger charge is 2.10. The van der Waals surface area contributed by atoms with E-state index in [9.17, 15) is 5.11 Å². The Morgan fingerprint density at radius 3 is 2.67 bits per heavy atom. The third-order valence-corrected chi connectivity index (χ3v) is 6.04. The van der Waals surface area contributed by atoms with Crippen LogP contribution in [0.1, 0.15) is 19.4 Å². The molecular formula is C26H28N10O2S. The van der Waals surface area contributed by atoms with E-state index in [-0.39, 0.29) is 11.0 Å². The van der Waals surface area contributed by atoms with Gasteiger partial charge < -0.3 is 15.2 Å². The first-order chi connectivity index (χ1) is 18.9. The molecule has 0 aliphatic carbocycles. The molecule has 1 unspecified atom stereocenters. The highest BCUT2D eigenvalue weighted by atomic mass is 32.1. The van der Waals surface area contributed by atoms with E-state index in [1.807, 2.05) is 67.8 Å². The molecule has 0 bridgehead atoms. The van der Waals surface area contributed by atoms with Crippen molar-refractivity contribution in [1.82, 2.24) is 40.6 Å². The summed E-state index contributed by atoms with van der Waals surface area (Å²) >= 11 is 5.23. The summed E-state index contributed by atoms with van der Waals surface area (Å²) in [6.07, 6.45) is 5.99. The van der Waals surface area contributed by atoms with Gasteiger partial charge in [-0.1, -0.05) is 13.8 Å². The van der Waals surface area contributed by atoms with Crippen LogP contribution in [0.3, 0.4) is 0 Å². The summed E-state index contributed by atoms with van der Waals surface area (Å²) in [6.45, 7) is 5.74. The number of hydrogen-bond acceptors (Lipinski definition) is 10. The van der Waals surface area contributed by atoms with Crippen LogP contribution >= 0.6 is 12.2 Å². The number of benzene rings is 2. The van der Waals surface area contributed by atoms with Gasteiger partial charge in [-0.2, -0.15) is 0 Å². The van der Waals surface area contributed by atoms with E-state index in [0.717, 1.165) is 33.5 Å². The SMILES string of the molecule is Cc1cc(Nc2ncnc3ccc(NNC(=S)NNC(O)C(C)C)cc23)ccc1Oc1cc2nccn2cn1. The Labute approximate surface area is 229 Å². The largest absolute Gasteiger partial charge is 0.439 e. The smallest absolute Gasteiger partial charge is 0.224 e. The maximum absolute atomic E-state index is 9.84. The molecule has 5 aromatic rings. The molecule has 0 saturated heterocycles. The molecule has 0 saturated carbocycles. The van der Waals surface area contributed by atoms with Gasteiger partial charge in [-0.05, 0) is 67.0 Å². The molecule has 13 heteroatoms. The Morgan fingerprint density at radius 1 is 1.00 bits per heavy atom. The number of aromatic nitrogens is 5. The van der Waals surface area contributed by atoms with Crippen LogP contribution in [0, 0.1) is 12.8 Å². The highest BCUT2D eigenvalue weighted by Crippen LogP contribution is 2.30. The quantitative estimate of drug-likeness (QED) is 0.0912. The van der Waals surface area contributed by atoms with Gasteiger partial charge in [-0.25, -0.2) is 25.4 Å². The van der Waals surface area contributed by atoms with Crippen molar-refractivity contribution in [3.8, 4) is 11.6 Å². The molecule has 12 nitrogen and oxygen atoms in total. The molecule has 200 valence electrons. The minimum Gasteiger partial charge on any atom is -0.439 e. The van der Waals surface area contributed by atoms with E-state index >= 15 is 0 Å². The van der Waals surface area contributed by atoms with Crippen molar-refractivity contribution in [1.29, 1.82) is 0 Å². The second-order valence-corrected chi connectivity index (χ2v) is 9.53. The zero-order valence-electron chi connectivity index (χ0n) is 21.5. The average molecular weight is 545 g/mol. The van der Waals surface area contributed by atoms with E-state index in [1.54, 1.807) is 18.6 Å². The molecular weight excluding hydrogens is 516 g/mol. The van der Waals surface area contributed by atoms with Crippen LogP contribution in [0.2, 0.25) is 0 Å². The summed E-state index contributed by atoms with van der Waals surface area (Å²) in [4.78, 5) is 17.4. The topological polar surface area (TPSA) is 146 Å². The number of ether oxygens (including phenoxy) is 1. The lowest BCUT2D eigenvalue weighted by Gasteiger charge is -2.19. The minimum atomic E-state index is -0.733. The van der Waals surface area contributed by atoms with Gasteiger partial charge in [-0.3, -0.25) is 20.7 Å². The van der Waals surface area contributed by atoms with E-state index in [2.05, 4.69) is 47.0 Å². The van der Waals surface area contributed by atoms with Gasteiger partial charge in [0.1, 0.15) is 36.1 Å². The second-order valence-electron chi connectivity index (χ2n) is 9.12. The average Bonchev–Trinajstić information content (AvgIpc) is 3.40. The van der Waals surface area contributed by atoms with Crippen LogP contribution in [0.15, 0.2) is 67.5 Å². The number of imidazole rings is 1.